The van der Waals surface area contributed by atoms with Crippen molar-refractivity contribution in [3.05, 3.63) is 34.4 Å². The molecule has 0 heterocycles. The van der Waals surface area contributed by atoms with Gasteiger partial charge in [-0.05, 0) is 61.4 Å². The second kappa shape index (κ2) is 7.82. The van der Waals surface area contributed by atoms with E-state index in [9.17, 15) is 9.59 Å². The maximum atomic E-state index is 12.3. The Hall–Kier alpha value is -1.84. The molecule has 0 atom stereocenters. The molecule has 24 heavy (non-hydrogen) atoms. The first kappa shape index (κ1) is 20.2. The van der Waals surface area contributed by atoms with Crippen LogP contribution in [0.25, 0.3) is 0 Å². The normalized spacial score (nSPS) is 11.8. The fraction of sp³-hybridized carbons (Fsp3) is 0.600. The maximum absolute atomic E-state index is 12.3. The van der Waals surface area contributed by atoms with Gasteiger partial charge in [0, 0.05) is 0 Å². The molecule has 4 nitrogen and oxygen atoms in total. The Balaban J connectivity index is 3.40. The lowest BCUT2D eigenvalue weighted by atomic mass is 9.85. The first-order valence-electron chi connectivity index (χ1n) is 8.43. The summed E-state index contributed by atoms with van der Waals surface area (Å²) in [6.45, 7) is 13.8. The molecule has 0 N–H and O–H groups in total. The summed E-state index contributed by atoms with van der Waals surface area (Å²) in [5.74, 6) is -0.242. The van der Waals surface area contributed by atoms with E-state index in [-0.39, 0.29) is 30.2 Å². The van der Waals surface area contributed by atoms with Gasteiger partial charge in [0.15, 0.2) is 0 Å². The standard InChI is InChI=1S/C20H30O4/c1-12(2)15-9-14(19(22)23-8)10-16(13(3)4)17(15)11-18(21)24-20(5,6)7/h9-10,12-13H,11H2,1-8H3. The molecule has 0 radical (unpaired) electrons. The van der Waals surface area contributed by atoms with E-state index in [0.29, 0.717) is 5.56 Å². The van der Waals surface area contributed by atoms with Crippen LogP contribution < -0.4 is 0 Å². The number of hydrogen-bond donors (Lipinski definition) is 0. The van der Waals surface area contributed by atoms with E-state index in [1.54, 1.807) is 0 Å². The number of ether oxygens (including phenoxy) is 2. The van der Waals surface area contributed by atoms with E-state index in [4.69, 9.17) is 9.47 Å². The molecule has 0 aromatic heterocycles. The topological polar surface area (TPSA) is 52.6 Å². The summed E-state index contributed by atoms with van der Waals surface area (Å²) < 4.78 is 10.3. The van der Waals surface area contributed by atoms with Gasteiger partial charge >= 0.3 is 11.9 Å². The minimum Gasteiger partial charge on any atom is -0.465 e. The van der Waals surface area contributed by atoms with Gasteiger partial charge in [0.1, 0.15) is 5.60 Å². The smallest absolute Gasteiger partial charge is 0.337 e. The van der Waals surface area contributed by atoms with Crippen molar-refractivity contribution >= 4 is 11.9 Å². The molecule has 1 aromatic carbocycles. The van der Waals surface area contributed by atoms with Crippen molar-refractivity contribution in [2.24, 2.45) is 0 Å². The molecule has 0 amide bonds. The number of carbonyl (C=O) groups excluding carboxylic acids is 2. The minimum absolute atomic E-state index is 0.185. The minimum atomic E-state index is -0.515. The van der Waals surface area contributed by atoms with Crippen LogP contribution in [0.3, 0.4) is 0 Å². The molecule has 0 fully saturated rings. The van der Waals surface area contributed by atoms with Gasteiger partial charge in [-0.3, -0.25) is 4.79 Å². The molecule has 0 bridgehead atoms. The number of esters is 2. The maximum Gasteiger partial charge on any atom is 0.337 e. The highest BCUT2D eigenvalue weighted by Crippen LogP contribution is 2.31. The number of carbonyl (C=O) groups is 2. The highest BCUT2D eigenvalue weighted by atomic mass is 16.6. The molecule has 1 aromatic rings. The van der Waals surface area contributed by atoms with Crippen molar-refractivity contribution < 1.29 is 19.1 Å². The molecule has 1 rings (SSSR count). The molecular formula is C20H30O4. The number of methoxy groups -OCH3 is 1. The van der Waals surface area contributed by atoms with Crippen molar-refractivity contribution in [2.75, 3.05) is 7.11 Å². The zero-order chi connectivity index (χ0) is 18.7. The highest BCUT2D eigenvalue weighted by molar-refractivity contribution is 5.90. The lowest BCUT2D eigenvalue weighted by molar-refractivity contribution is -0.153. The predicted octanol–water partition coefficient (Wildman–Crippen LogP) is 4.60. The van der Waals surface area contributed by atoms with Crippen molar-refractivity contribution in [1.82, 2.24) is 0 Å². The van der Waals surface area contributed by atoms with E-state index in [2.05, 4.69) is 27.7 Å². The second-order valence-electron chi connectivity index (χ2n) is 7.70. The molecule has 0 unspecified atom stereocenters. The molecule has 0 saturated carbocycles. The Labute approximate surface area is 145 Å². The third-order valence-electron chi connectivity index (χ3n) is 3.73. The van der Waals surface area contributed by atoms with Crippen LogP contribution in [-0.2, 0) is 20.7 Å². The monoisotopic (exact) mass is 334 g/mol. The summed E-state index contributed by atoms with van der Waals surface area (Å²) >= 11 is 0. The molecule has 0 saturated heterocycles. The summed E-state index contributed by atoms with van der Waals surface area (Å²) in [6, 6.07) is 3.67. The average Bonchev–Trinajstić information content (AvgIpc) is 2.43. The Morgan fingerprint density at radius 2 is 1.46 bits per heavy atom. The van der Waals surface area contributed by atoms with Crippen LogP contribution in [0, 0.1) is 0 Å². The summed E-state index contributed by atoms with van der Waals surface area (Å²) in [5, 5.41) is 0. The zero-order valence-electron chi connectivity index (χ0n) is 16.1. The van der Waals surface area contributed by atoms with Crippen LogP contribution in [0.1, 0.15) is 87.4 Å². The summed E-state index contributed by atoms with van der Waals surface area (Å²) in [6.07, 6.45) is 0.208. The Kier molecular flexibility index (Phi) is 6.58. The van der Waals surface area contributed by atoms with Gasteiger partial charge in [0.05, 0.1) is 19.1 Å². The quantitative estimate of drug-likeness (QED) is 0.738. The van der Waals surface area contributed by atoms with E-state index < -0.39 is 5.60 Å². The van der Waals surface area contributed by atoms with Gasteiger partial charge in [-0.2, -0.15) is 0 Å². The fourth-order valence-electron chi connectivity index (χ4n) is 2.71. The number of rotatable bonds is 5. The van der Waals surface area contributed by atoms with E-state index in [0.717, 1.165) is 16.7 Å². The van der Waals surface area contributed by atoms with Crippen molar-refractivity contribution in [3.63, 3.8) is 0 Å². The first-order valence-corrected chi connectivity index (χ1v) is 8.43. The van der Waals surface area contributed by atoms with Gasteiger partial charge in [0.25, 0.3) is 0 Å². The third kappa shape index (κ3) is 5.36. The van der Waals surface area contributed by atoms with E-state index in [1.165, 1.54) is 7.11 Å². The summed E-state index contributed by atoms with van der Waals surface area (Å²) in [7, 11) is 1.38. The fourth-order valence-corrected chi connectivity index (χ4v) is 2.71. The second-order valence-corrected chi connectivity index (χ2v) is 7.70. The predicted molar refractivity (Wildman–Crippen MR) is 95.5 cm³/mol. The van der Waals surface area contributed by atoms with Crippen LogP contribution in [0.15, 0.2) is 12.1 Å². The molecule has 134 valence electrons. The highest BCUT2D eigenvalue weighted by Gasteiger charge is 2.23. The Bertz CT molecular complexity index is 578. The lowest BCUT2D eigenvalue weighted by Crippen LogP contribution is -2.25. The molecule has 0 aliphatic rings. The molecule has 0 aliphatic heterocycles. The molecule has 4 heteroatoms. The molecule has 0 spiro atoms. The number of hydrogen-bond acceptors (Lipinski definition) is 4. The summed E-state index contributed by atoms with van der Waals surface area (Å²) in [5.41, 5.74) is 2.96. The van der Waals surface area contributed by atoms with Gasteiger partial charge in [-0.15, -0.1) is 0 Å². The molecular weight excluding hydrogens is 304 g/mol. The number of benzene rings is 1. The molecule has 0 aliphatic carbocycles. The van der Waals surface area contributed by atoms with Gasteiger partial charge in [0.2, 0.25) is 0 Å². The van der Waals surface area contributed by atoms with Gasteiger partial charge in [-0.1, -0.05) is 27.7 Å². The Morgan fingerprint density at radius 1 is 1.00 bits per heavy atom. The van der Waals surface area contributed by atoms with Crippen LogP contribution in [0.5, 0.6) is 0 Å². The van der Waals surface area contributed by atoms with Crippen molar-refractivity contribution in [3.8, 4) is 0 Å². The Morgan fingerprint density at radius 3 is 1.79 bits per heavy atom. The van der Waals surface area contributed by atoms with E-state index in [1.807, 2.05) is 32.9 Å². The largest absolute Gasteiger partial charge is 0.465 e. The first-order chi connectivity index (χ1) is 11.0. The van der Waals surface area contributed by atoms with Crippen LogP contribution in [0.4, 0.5) is 0 Å². The lowest BCUT2D eigenvalue weighted by Gasteiger charge is -2.23. The van der Waals surface area contributed by atoms with Crippen LogP contribution in [-0.4, -0.2) is 24.6 Å². The summed E-state index contributed by atoms with van der Waals surface area (Å²) in [4.78, 5) is 24.3. The van der Waals surface area contributed by atoms with Crippen LogP contribution in [0.2, 0.25) is 0 Å². The van der Waals surface area contributed by atoms with E-state index >= 15 is 0 Å². The SMILES string of the molecule is COC(=O)c1cc(C(C)C)c(CC(=O)OC(C)(C)C)c(C(C)C)c1. The van der Waals surface area contributed by atoms with Crippen LogP contribution >= 0.6 is 0 Å². The van der Waals surface area contributed by atoms with Crippen molar-refractivity contribution in [2.45, 2.75) is 72.3 Å². The third-order valence-corrected chi connectivity index (χ3v) is 3.73. The average molecular weight is 334 g/mol. The zero-order valence-corrected chi connectivity index (χ0v) is 16.1. The van der Waals surface area contributed by atoms with Gasteiger partial charge in [-0.25, -0.2) is 4.79 Å². The van der Waals surface area contributed by atoms with Crippen molar-refractivity contribution in [1.29, 1.82) is 0 Å². The van der Waals surface area contributed by atoms with Gasteiger partial charge < -0.3 is 9.47 Å².